The molecule has 0 radical (unpaired) electrons. The first kappa shape index (κ1) is 23.3. The van der Waals surface area contributed by atoms with Crippen LogP contribution in [-0.4, -0.2) is 26.8 Å². The summed E-state index contributed by atoms with van der Waals surface area (Å²) >= 11 is 12.4. The predicted octanol–water partition coefficient (Wildman–Crippen LogP) is 6.03. The molecule has 178 valence electrons. The first-order valence-electron chi connectivity index (χ1n) is 11.3. The third-order valence-corrected chi connectivity index (χ3v) is 7.04. The van der Waals surface area contributed by atoms with Crippen LogP contribution in [-0.2, 0) is 0 Å². The van der Waals surface area contributed by atoms with Crippen LogP contribution in [0.4, 0.5) is 5.69 Å². The number of halogens is 1. The molecular formula is C27H26ClN5OS. The highest BCUT2D eigenvalue weighted by molar-refractivity contribution is 7.80. The molecule has 5 rings (SSSR count). The zero-order valence-electron chi connectivity index (χ0n) is 20.0. The highest BCUT2D eigenvalue weighted by Crippen LogP contribution is 2.44. The smallest absolute Gasteiger partial charge is 0.174 e. The molecule has 0 saturated carbocycles. The molecule has 0 bridgehead atoms. The lowest BCUT2D eigenvalue weighted by atomic mass is 9.96. The van der Waals surface area contributed by atoms with Crippen LogP contribution in [0.15, 0.2) is 67.0 Å². The number of hydrogen-bond acceptors (Lipinski definition) is 4. The van der Waals surface area contributed by atoms with Crippen molar-refractivity contribution in [2.75, 3.05) is 12.0 Å². The third kappa shape index (κ3) is 4.15. The Bertz CT molecular complexity index is 1400. The van der Waals surface area contributed by atoms with Gasteiger partial charge < -0.3 is 19.5 Å². The van der Waals surface area contributed by atoms with E-state index in [1.807, 2.05) is 54.9 Å². The van der Waals surface area contributed by atoms with Crippen molar-refractivity contribution >= 4 is 34.6 Å². The topological polar surface area (TPSA) is 55.2 Å². The highest BCUT2D eigenvalue weighted by atomic mass is 35.5. The van der Waals surface area contributed by atoms with E-state index >= 15 is 0 Å². The number of anilines is 1. The van der Waals surface area contributed by atoms with Gasteiger partial charge in [-0.3, -0.25) is 4.98 Å². The molecule has 6 nitrogen and oxygen atoms in total. The molecule has 0 amide bonds. The van der Waals surface area contributed by atoms with Crippen LogP contribution in [0.2, 0.25) is 5.02 Å². The maximum Gasteiger partial charge on any atom is 0.174 e. The Balaban J connectivity index is 1.68. The largest absolute Gasteiger partial charge is 0.495 e. The number of nitrogens with zero attached hydrogens (tertiary/aromatic N) is 4. The van der Waals surface area contributed by atoms with Crippen molar-refractivity contribution in [3.63, 3.8) is 0 Å². The van der Waals surface area contributed by atoms with Gasteiger partial charge in [0.05, 0.1) is 29.9 Å². The first-order chi connectivity index (χ1) is 16.9. The summed E-state index contributed by atoms with van der Waals surface area (Å²) in [6.45, 7) is 6.31. The summed E-state index contributed by atoms with van der Waals surface area (Å²) in [5, 5.41) is 4.66. The van der Waals surface area contributed by atoms with Crippen molar-refractivity contribution in [2.45, 2.75) is 32.9 Å². The number of hydrogen-bond donors (Lipinski definition) is 1. The minimum absolute atomic E-state index is 0.147. The van der Waals surface area contributed by atoms with Gasteiger partial charge in [0.2, 0.25) is 0 Å². The molecule has 1 aliphatic rings. The minimum Gasteiger partial charge on any atom is -0.495 e. The number of aryl methyl sites for hydroxylation is 2. The maximum atomic E-state index is 6.52. The van der Waals surface area contributed by atoms with E-state index in [4.69, 9.17) is 28.6 Å². The lowest BCUT2D eigenvalue weighted by Gasteiger charge is -2.28. The van der Waals surface area contributed by atoms with Crippen LogP contribution < -0.4 is 15.0 Å². The van der Waals surface area contributed by atoms with Crippen molar-refractivity contribution in [3.8, 4) is 11.6 Å². The Morgan fingerprint density at radius 2 is 1.83 bits per heavy atom. The number of pyridine rings is 2. The first-order valence-corrected chi connectivity index (χ1v) is 12.1. The van der Waals surface area contributed by atoms with E-state index in [2.05, 4.69) is 57.7 Å². The minimum atomic E-state index is -0.149. The normalized spacial score (nSPS) is 17.5. The fourth-order valence-corrected chi connectivity index (χ4v) is 5.43. The third-order valence-electron chi connectivity index (χ3n) is 6.43. The summed E-state index contributed by atoms with van der Waals surface area (Å²) in [4.78, 5) is 11.4. The van der Waals surface area contributed by atoms with Crippen LogP contribution in [0.3, 0.4) is 0 Å². The second kappa shape index (κ2) is 9.32. The second-order valence-electron chi connectivity index (χ2n) is 8.67. The number of ether oxygens (including phenoxy) is 1. The quantitative estimate of drug-likeness (QED) is 0.335. The number of rotatable bonds is 5. The van der Waals surface area contributed by atoms with Crippen LogP contribution in [0, 0.1) is 20.8 Å². The van der Waals surface area contributed by atoms with E-state index in [-0.39, 0.29) is 12.1 Å². The molecule has 1 N–H and O–H groups in total. The van der Waals surface area contributed by atoms with Crippen molar-refractivity contribution in [3.05, 3.63) is 100 Å². The van der Waals surface area contributed by atoms with Gasteiger partial charge in [0.1, 0.15) is 11.6 Å². The summed E-state index contributed by atoms with van der Waals surface area (Å²) in [5.41, 5.74) is 6.30. The SMILES string of the molecule is COc1ccc(N2C(=S)N[C@@H](c3ccccn3)[C@H]2c2cc(C)n(-c3cc(C)ccn3)c2C)cc1Cl. The van der Waals surface area contributed by atoms with Gasteiger partial charge in [0, 0.05) is 29.5 Å². The zero-order valence-corrected chi connectivity index (χ0v) is 21.6. The maximum absolute atomic E-state index is 6.52. The molecule has 4 heterocycles. The van der Waals surface area contributed by atoms with Crippen LogP contribution in [0.1, 0.15) is 40.3 Å². The molecule has 2 atom stereocenters. The molecule has 0 spiro atoms. The zero-order chi connectivity index (χ0) is 24.7. The molecule has 4 aromatic rings. The number of nitrogens with one attached hydrogen (secondary N) is 1. The molecule has 1 fully saturated rings. The lowest BCUT2D eigenvalue weighted by Crippen LogP contribution is -2.29. The molecule has 35 heavy (non-hydrogen) atoms. The van der Waals surface area contributed by atoms with Crippen molar-refractivity contribution in [1.29, 1.82) is 0 Å². The average molecular weight is 504 g/mol. The van der Waals surface area contributed by atoms with Crippen LogP contribution >= 0.6 is 23.8 Å². The lowest BCUT2D eigenvalue weighted by molar-refractivity contribution is 0.415. The highest BCUT2D eigenvalue weighted by Gasteiger charge is 2.42. The summed E-state index contributed by atoms with van der Waals surface area (Å²) in [5.74, 6) is 1.52. The molecule has 3 aromatic heterocycles. The Morgan fingerprint density at radius 3 is 2.51 bits per heavy atom. The summed E-state index contributed by atoms with van der Waals surface area (Å²) in [6, 6.07) is 17.7. The number of thiocarbonyl (C=S) groups is 1. The van der Waals surface area contributed by atoms with E-state index in [1.165, 1.54) is 0 Å². The van der Waals surface area contributed by atoms with Crippen molar-refractivity contribution < 1.29 is 4.74 Å². The van der Waals surface area contributed by atoms with E-state index < -0.39 is 0 Å². The predicted molar refractivity (Wildman–Crippen MR) is 144 cm³/mol. The summed E-state index contributed by atoms with van der Waals surface area (Å²) in [6.07, 6.45) is 3.65. The molecular weight excluding hydrogens is 478 g/mol. The molecule has 1 saturated heterocycles. The van der Waals surface area contributed by atoms with Gasteiger partial charge in [0.25, 0.3) is 0 Å². The second-order valence-corrected chi connectivity index (χ2v) is 9.46. The van der Waals surface area contributed by atoms with E-state index in [9.17, 15) is 0 Å². The Labute approximate surface area is 215 Å². The Morgan fingerprint density at radius 1 is 1.00 bits per heavy atom. The van der Waals surface area contributed by atoms with Crippen molar-refractivity contribution in [2.24, 2.45) is 0 Å². The van der Waals surface area contributed by atoms with Crippen molar-refractivity contribution in [1.82, 2.24) is 19.9 Å². The van der Waals surface area contributed by atoms with Gasteiger partial charge in [-0.05, 0) is 92.6 Å². The number of methoxy groups -OCH3 is 1. The van der Waals surface area contributed by atoms with Gasteiger partial charge in [-0.25, -0.2) is 4.98 Å². The molecule has 1 aliphatic heterocycles. The average Bonchev–Trinajstić information content (AvgIpc) is 3.34. The summed E-state index contributed by atoms with van der Waals surface area (Å²) < 4.78 is 7.56. The molecule has 1 aromatic carbocycles. The molecule has 0 aliphatic carbocycles. The Hall–Kier alpha value is -3.42. The summed E-state index contributed by atoms with van der Waals surface area (Å²) in [7, 11) is 1.61. The Kier molecular flexibility index (Phi) is 6.21. The van der Waals surface area contributed by atoms with E-state index in [0.29, 0.717) is 15.9 Å². The van der Waals surface area contributed by atoms with E-state index in [0.717, 1.165) is 39.7 Å². The van der Waals surface area contributed by atoms with Gasteiger partial charge in [0.15, 0.2) is 5.11 Å². The van der Waals surface area contributed by atoms with Gasteiger partial charge >= 0.3 is 0 Å². The molecule has 8 heteroatoms. The van der Waals surface area contributed by atoms with Crippen LogP contribution in [0.5, 0.6) is 5.75 Å². The monoisotopic (exact) mass is 503 g/mol. The molecule has 0 unspecified atom stereocenters. The van der Waals surface area contributed by atoms with Gasteiger partial charge in [-0.15, -0.1) is 0 Å². The van der Waals surface area contributed by atoms with Gasteiger partial charge in [-0.2, -0.15) is 0 Å². The number of benzene rings is 1. The van der Waals surface area contributed by atoms with Gasteiger partial charge in [-0.1, -0.05) is 17.7 Å². The fourth-order valence-electron chi connectivity index (χ4n) is 4.84. The fraction of sp³-hybridized carbons (Fsp3) is 0.222. The standard InChI is InChI=1S/C27H26ClN5OS/c1-16-10-12-30-24(13-16)32-17(2)14-20(18(32)3)26-25(22-7-5-6-11-29-22)31-27(35)33(26)19-8-9-23(34-4)21(28)15-19/h5-15,25-26H,1-4H3,(H,31,35)/t25-,26+/m0/s1. The number of aromatic nitrogens is 3. The van der Waals surface area contributed by atoms with E-state index in [1.54, 1.807) is 7.11 Å². The van der Waals surface area contributed by atoms with Crippen LogP contribution in [0.25, 0.3) is 5.82 Å².